The molecule has 5 nitrogen and oxygen atoms in total. The van der Waals surface area contributed by atoms with E-state index < -0.39 is 0 Å². The third-order valence-corrected chi connectivity index (χ3v) is 3.58. The van der Waals surface area contributed by atoms with Gasteiger partial charge >= 0.3 is 0 Å². The quantitative estimate of drug-likeness (QED) is 0.400. The van der Waals surface area contributed by atoms with Gasteiger partial charge in [0.05, 0.1) is 0 Å². The molecule has 0 radical (unpaired) electrons. The highest BCUT2D eigenvalue weighted by Crippen LogP contribution is 2.25. The van der Waals surface area contributed by atoms with Crippen molar-refractivity contribution in [3.8, 4) is 0 Å². The molecule has 1 aliphatic carbocycles. The van der Waals surface area contributed by atoms with Crippen LogP contribution in [0.15, 0.2) is 5.11 Å². The van der Waals surface area contributed by atoms with Gasteiger partial charge in [-0.05, 0) is 18.4 Å². The van der Waals surface area contributed by atoms with Crippen molar-refractivity contribution in [2.24, 2.45) is 5.11 Å². The van der Waals surface area contributed by atoms with E-state index in [1.807, 2.05) is 0 Å². The summed E-state index contributed by atoms with van der Waals surface area (Å²) in [6.45, 7) is 6.19. The van der Waals surface area contributed by atoms with Crippen molar-refractivity contribution >= 4 is 0 Å². The topological polar surface area (TPSA) is 55.2 Å². The van der Waals surface area contributed by atoms with Crippen LogP contribution in [0.5, 0.6) is 0 Å². The van der Waals surface area contributed by atoms with E-state index in [-0.39, 0.29) is 0 Å². The van der Waals surface area contributed by atoms with Gasteiger partial charge in [0, 0.05) is 50.2 Å². The minimum absolute atomic E-state index is 0.611. The molecule has 2 aliphatic rings. The fourth-order valence-corrected chi connectivity index (χ4v) is 2.33. The largest absolute Gasteiger partial charge is 0.301 e. The average Bonchev–Trinajstić information content (AvgIpc) is 2.18. The molecule has 1 saturated heterocycles. The Labute approximate surface area is 90.7 Å². The second kappa shape index (κ2) is 5.35. The molecule has 2 fully saturated rings. The van der Waals surface area contributed by atoms with Gasteiger partial charge in [-0.3, -0.25) is 4.90 Å². The first-order chi connectivity index (χ1) is 7.40. The Hall–Kier alpha value is -0.770. The Balaban J connectivity index is 1.65. The molecule has 1 aliphatic heterocycles. The van der Waals surface area contributed by atoms with E-state index in [2.05, 4.69) is 19.8 Å². The van der Waals surface area contributed by atoms with Gasteiger partial charge in [0.2, 0.25) is 0 Å². The first-order valence-electron chi connectivity index (χ1n) is 5.87. The molecular formula is C10H19N5. The maximum atomic E-state index is 8.18. The summed E-state index contributed by atoms with van der Waals surface area (Å²) in [6.07, 6.45) is 4.22. The van der Waals surface area contributed by atoms with Crippen molar-refractivity contribution in [1.29, 1.82) is 0 Å². The van der Waals surface area contributed by atoms with E-state index in [1.54, 1.807) is 0 Å². The highest BCUT2D eigenvalue weighted by Gasteiger charge is 2.27. The van der Waals surface area contributed by atoms with Gasteiger partial charge in [-0.1, -0.05) is 11.5 Å². The summed E-state index contributed by atoms with van der Waals surface area (Å²) < 4.78 is 0. The van der Waals surface area contributed by atoms with E-state index in [9.17, 15) is 0 Å². The normalized spacial score (nSPS) is 24.5. The third-order valence-electron chi connectivity index (χ3n) is 3.58. The predicted octanol–water partition coefficient (Wildman–Crippen LogP) is 1.47. The summed E-state index contributed by atoms with van der Waals surface area (Å²) >= 11 is 0. The van der Waals surface area contributed by atoms with Crippen LogP contribution in [-0.2, 0) is 0 Å². The zero-order valence-corrected chi connectivity index (χ0v) is 9.18. The van der Waals surface area contributed by atoms with Gasteiger partial charge < -0.3 is 4.90 Å². The lowest BCUT2D eigenvalue weighted by Crippen LogP contribution is -2.52. The Morgan fingerprint density at radius 2 is 1.93 bits per heavy atom. The van der Waals surface area contributed by atoms with Gasteiger partial charge in [-0.25, -0.2) is 0 Å². The Bertz CT molecular complexity index is 236. The third kappa shape index (κ3) is 2.84. The van der Waals surface area contributed by atoms with Crippen LogP contribution in [0.2, 0.25) is 0 Å². The van der Waals surface area contributed by atoms with E-state index in [0.717, 1.165) is 25.7 Å². The van der Waals surface area contributed by atoms with Crippen molar-refractivity contribution in [2.75, 3.05) is 39.3 Å². The summed E-state index contributed by atoms with van der Waals surface area (Å²) in [4.78, 5) is 7.78. The summed E-state index contributed by atoms with van der Waals surface area (Å²) in [5, 5.41) is 3.57. The zero-order valence-electron chi connectivity index (χ0n) is 9.18. The van der Waals surface area contributed by atoms with Crippen LogP contribution in [0.4, 0.5) is 0 Å². The van der Waals surface area contributed by atoms with Gasteiger partial charge in [-0.2, -0.15) is 0 Å². The van der Waals surface area contributed by atoms with Crippen molar-refractivity contribution in [1.82, 2.24) is 9.80 Å². The molecule has 84 valence electrons. The van der Waals surface area contributed by atoms with Gasteiger partial charge in [0.1, 0.15) is 0 Å². The first-order valence-corrected chi connectivity index (χ1v) is 5.87. The lowest BCUT2D eigenvalue weighted by molar-refractivity contribution is 0.0631. The molecule has 0 spiro atoms. The second-order valence-electron chi connectivity index (χ2n) is 4.42. The molecule has 2 rings (SSSR count). The van der Waals surface area contributed by atoms with E-state index in [1.165, 1.54) is 32.4 Å². The molecule has 0 unspecified atom stereocenters. The standard InChI is InChI=1S/C10H19N5/c11-13-12-4-5-14-6-8-15(9-7-14)10-2-1-3-10/h10H,1-9H2. The molecule has 5 heteroatoms. The van der Waals surface area contributed by atoms with Crippen LogP contribution >= 0.6 is 0 Å². The van der Waals surface area contributed by atoms with Crippen LogP contribution < -0.4 is 0 Å². The SMILES string of the molecule is [N-]=[N+]=NCCN1CCN(C2CCC2)CC1. The first kappa shape index (κ1) is 10.7. The number of piperazine rings is 1. The minimum atomic E-state index is 0.611. The van der Waals surface area contributed by atoms with Gasteiger partial charge in [0.15, 0.2) is 0 Å². The summed E-state index contributed by atoms with van der Waals surface area (Å²) in [5.74, 6) is 0. The minimum Gasteiger partial charge on any atom is -0.301 e. The average molecular weight is 209 g/mol. The molecule has 0 amide bonds. The van der Waals surface area contributed by atoms with Crippen LogP contribution in [0.3, 0.4) is 0 Å². The lowest BCUT2D eigenvalue weighted by Gasteiger charge is -2.42. The molecule has 0 aromatic carbocycles. The van der Waals surface area contributed by atoms with Crippen molar-refractivity contribution in [3.63, 3.8) is 0 Å². The van der Waals surface area contributed by atoms with Crippen molar-refractivity contribution in [2.45, 2.75) is 25.3 Å². The second-order valence-corrected chi connectivity index (χ2v) is 4.42. The van der Waals surface area contributed by atoms with Crippen molar-refractivity contribution in [3.05, 3.63) is 10.4 Å². The molecule has 0 aromatic rings. The monoisotopic (exact) mass is 209 g/mol. The fraction of sp³-hybridized carbons (Fsp3) is 1.00. The summed E-state index contributed by atoms with van der Waals surface area (Å²) in [7, 11) is 0. The number of rotatable bonds is 4. The van der Waals surface area contributed by atoms with Crippen molar-refractivity contribution < 1.29 is 0 Å². The molecule has 15 heavy (non-hydrogen) atoms. The molecule has 0 atom stereocenters. The molecule has 1 saturated carbocycles. The Kier molecular flexibility index (Phi) is 3.83. The van der Waals surface area contributed by atoms with Gasteiger partial charge in [-0.15, -0.1) is 0 Å². The highest BCUT2D eigenvalue weighted by atomic mass is 15.3. The van der Waals surface area contributed by atoms with E-state index >= 15 is 0 Å². The Morgan fingerprint density at radius 1 is 1.20 bits per heavy atom. The number of hydrogen-bond donors (Lipinski definition) is 0. The summed E-state index contributed by atoms with van der Waals surface area (Å²) in [6, 6.07) is 0.879. The molecule has 1 heterocycles. The fourth-order valence-electron chi connectivity index (χ4n) is 2.33. The zero-order chi connectivity index (χ0) is 10.5. The van der Waals surface area contributed by atoms with E-state index in [4.69, 9.17) is 5.53 Å². The smallest absolute Gasteiger partial charge is 0.0385 e. The van der Waals surface area contributed by atoms with Crippen LogP contribution in [0.1, 0.15) is 19.3 Å². The lowest BCUT2D eigenvalue weighted by atomic mass is 9.91. The molecule has 0 bridgehead atoms. The van der Waals surface area contributed by atoms with E-state index in [0.29, 0.717) is 6.54 Å². The highest BCUT2D eigenvalue weighted by molar-refractivity contribution is 4.83. The number of nitrogens with zero attached hydrogens (tertiary/aromatic N) is 5. The predicted molar refractivity (Wildman–Crippen MR) is 59.7 cm³/mol. The molecule has 0 aromatic heterocycles. The van der Waals surface area contributed by atoms with Crippen LogP contribution in [-0.4, -0.2) is 55.1 Å². The molecule has 0 N–H and O–H groups in total. The maximum Gasteiger partial charge on any atom is 0.0385 e. The van der Waals surface area contributed by atoms with Crippen LogP contribution in [0, 0.1) is 0 Å². The van der Waals surface area contributed by atoms with Crippen LogP contribution in [0.25, 0.3) is 10.4 Å². The van der Waals surface area contributed by atoms with Gasteiger partial charge in [0.25, 0.3) is 0 Å². The number of hydrogen-bond acceptors (Lipinski definition) is 3. The number of azide groups is 1. The molecular weight excluding hydrogens is 190 g/mol. The maximum absolute atomic E-state index is 8.18. The Morgan fingerprint density at radius 3 is 2.47 bits per heavy atom. The summed E-state index contributed by atoms with van der Waals surface area (Å²) in [5.41, 5.74) is 8.18.